The van der Waals surface area contributed by atoms with Gasteiger partial charge in [0.25, 0.3) is 0 Å². The number of hydrogen-bond donors (Lipinski definition) is 1. The number of unbranched alkanes of at least 4 members (excludes halogenated alkanes) is 1. The normalized spacial score (nSPS) is 12.6. The second kappa shape index (κ2) is 12.6. The van der Waals surface area contributed by atoms with Crippen molar-refractivity contribution in [2.45, 2.75) is 52.4 Å². The van der Waals surface area contributed by atoms with Crippen molar-refractivity contribution >= 4 is 39.1 Å². The van der Waals surface area contributed by atoms with E-state index < -0.39 is 51.9 Å². The standard InChI is InChI=1S/C25H31ClF3N3O4S/c1-5-6-12-30-24(34)18(3)31(15-19-9-7-8-17(2)13-19)23(33)16-32(37(4,35)36)22-14-20(25(27,28)29)10-11-21(22)26/h7-11,13-14,18H,5-6,12,15-16H2,1-4H3,(H,30,34)/t18-/m0/s1. The van der Waals surface area contributed by atoms with E-state index in [-0.39, 0.29) is 11.6 Å². The molecule has 1 atom stereocenters. The number of halogens is 4. The van der Waals surface area contributed by atoms with E-state index in [0.717, 1.165) is 36.8 Å². The van der Waals surface area contributed by atoms with Crippen LogP contribution in [0.3, 0.4) is 0 Å². The summed E-state index contributed by atoms with van der Waals surface area (Å²) in [4.78, 5) is 27.5. The first-order valence-corrected chi connectivity index (χ1v) is 13.8. The van der Waals surface area contributed by atoms with Crippen LogP contribution in [-0.2, 0) is 32.3 Å². The number of carbonyl (C=O) groups is 2. The van der Waals surface area contributed by atoms with Crippen LogP contribution in [0.25, 0.3) is 0 Å². The average molecular weight is 562 g/mol. The zero-order valence-corrected chi connectivity index (χ0v) is 22.7. The summed E-state index contributed by atoms with van der Waals surface area (Å²) in [5.74, 6) is -1.21. The summed E-state index contributed by atoms with van der Waals surface area (Å²) < 4.78 is 65.7. The van der Waals surface area contributed by atoms with Gasteiger partial charge in [-0.25, -0.2) is 8.42 Å². The molecule has 7 nitrogen and oxygen atoms in total. The lowest BCUT2D eigenvalue weighted by atomic mass is 10.1. The third-order valence-electron chi connectivity index (χ3n) is 5.65. The summed E-state index contributed by atoms with van der Waals surface area (Å²) in [5.41, 5.74) is 0.0132. The molecule has 0 saturated heterocycles. The van der Waals surface area contributed by atoms with Crippen LogP contribution in [0, 0.1) is 6.92 Å². The van der Waals surface area contributed by atoms with Gasteiger partial charge in [0.1, 0.15) is 12.6 Å². The number of anilines is 1. The first-order valence-electron chi connectivity index (χ1n) is 11.6. The first kappa shape index (κ1) is 30.4. The highest BCUT2D eigenvalue weighted by molar-refractivity contribution is 7.92. The number of rotatable bonds is 11. The highest BCUT2D eigenvalue weighted by Gasteiger charge is 2.34. The summed E-state index contributed by atoms with van der Waals surface area (Å²) in [5, 5.41) is 2.48. The molecule has 0 unspecified atom stereocenters. The number of hydrogen-bond acceptors (Lipinski definition) is 4. The van der Waals surface area contributed by atoms with Crippen molar-refractivity contribution in [1.82, 2.24) is 10.2 Å². The Kier molecular flexibility index (Phi) is 10.4. The van der Waals surface area contributed by atoms with Crippen molar-refractivity contribution in [3.63, 3.8) is 0 Å². The number of aryl methyl sites for hydroxylation is 1. The van der Waals surface area contributed by atoms with Gasteiger partial charge in [-0.1, -0.05) is 54.8 Å². The molecular formula is C25H31ClF3N3O4S. The number of nitrogens with one attached hydrogen (secondary N) is 1. The van der Waals surface area contributed by atoms with Crippen molar-refractivity contribution in [3.05, 3.63) is 64.2 Å². The van der Waals surface area contributed by atoms with Crippen molar-refractivity contribution < 1.29 is 31.2 Å². The Bertz CT molecular complexity index is 1220. The van der Waals surface area contributed by atoms with E-state index in [2.05, 4.69) is 5.32 Å². The van der Waals surface area contributed by atoms with Crippen LogP contribution in [0.5, 0.6) is 0 Å². The Morgan fingerprint density at radius 1 is 1.14 bits per heavy atom. The number of amides is 2. The number of nitrogens with zero attached hydrogens (tertiary/aromatic N) is 2. The minimum Gasteiger partial charge on any atom is -0.354 e. The monoisotopic (exact) mass is 561 g/mol. The fourth-order valence-corrected chi connectivity index (χ4v) is 4.72. The molecule has 0 aliphatic rings. The lowest BCUT2D eigenvalue weighted by molar-refractivity contribution is -0.139. The van der Waals surface area contributed by atoms with Crippen LogP contribution in [0.1, 0.15) is 43.4 Å². The van der Waals surface area contributed by atoms with Gasteiger partial charge in [0.2, 0.25) is 21.8 Å². The molecule has 0 spiro atoms. The maximum Gasteiger partial charge on any atom is 0.416 e. The molecule has 0 aliphatic heterocycles. The van der Waals surface area contributed by atoms with Gasteiger partial charge in [0, 0.05) is 13.1 Å². The zero-order chi connectivity index (χ0) is 28.0. The number of carbonyl (C=O) groups excluding carboxylic acids is 2. The number of sulfonamides is 1. The topological polar surface area (TPSA) is 86.8 Å². The van der Waals surface area contributed by atoms with Crippen LogP contribution in [0.4, 0.5) is 18.9 Å². The minimum absolute atomic E-state index is 0.0171. The highest BCUT2D eigenvalue weighted by atomic mass is 35.5. The van der Waals surface area contributed by atoms with E-state index in [4.69, 9.17) is 11.6 Å². The van der Waals surface area contributed by atoms with Gasteiger partial charge >= 0.3 is 6.18 Å². The van der Waals surface area contributed by atoms with Crippen molar-refractivity contribution in [2.75, 3.05) is 23.7 Å². The summed E-state index contributed by atoms with van der Waals surface area (Å²) >= 11 is 6.08. The Morgan fingerprint density at radius 2 is 1.81 bits per heavy atom. The van der Waals surface area contributed by atoms with Gasteiger partial charge < -0.3 is 10.2 Å². The number of alkyl halides is 3. The molecule has 12 heteroatoms. The molecule has 0 aliphatic carbocycles. The Balaban J connectivity index is 2.46. The van der Waals surface area contributed by atoms with E-state index in [0.29, 0.717) is 22.5 Å². The van der Waals surface area contributed by atoms with Crippen LogP contribution in [0.2, 0.25) is 5.02 Å². The zero-order valence-electron chi connectivity index (χ0n) is 21.1. The largest absolute Gasteiger partial charge is 0.416 e. The molecule has 2 rings (SSSR count). The third-order valence-corrected chi connectivity index (χ3v) is 7.10. The lowest BCUT2D eigenvalue weighted by Gasteiger charge is -2.32. The molecule has 0 heterocycles. The second-order valence-electron chi connectivity index (χ2n) is 8.76. The summed E-state index contributed by atoms with van der Waals surface area (Å²) in [7, 11) is -4.24. The van der Waals surface area contributed by atoms with Gasteiger partial charge in [0.05, 0.1) is 22.5 Å². The molecule has 1 N–H and O–H groups in total. The van der Waals surface area contributed by atoms with Crippen LogP contribution < -0.4 is 9.62 Å². The maximum atomic E-state index is 13.5. The molecule has 0 radical (unpaired) electrons. The molecule has 2 aromatic carbocycles. The van der Waals surface area contributed by atoms with Gasteiger partial charge in [-0.3, -0.25) is 13.9 Å². The van der Waals surface area contributed by atoms with E-state index in [1.807, 2.05) is 26.0 Å². The second-order valence-corrected chi connectivity index (χ2v) is 11.1. The smallest absolute Gasteiger partial charge is 0.354 e. The fraction of sp³-hybridized carbons (Fsp3) is 0.440. The Labute approximate surface area is 220 Å². The predicted molar refractivity (Wildman–Crippen MR) is 138 cm³/mol. The van der Waals surface area contributed by atoms with Crippen LogP contribution in [-0.4, -0.2) is 50.5 Å². The SMILES string of the molecule is CCCCNC(=O)[C@H](C)N(Cc1cccc(C)c1)C(=O)CN(c1cc(C(F)(F)F)ccc1Cl)S(C)(=O)=O. The molecule has 2 amide bonds. The molecular weight excluding hydrogens is 531 g/mol. The van der Waals surface area contributed by atoms with E-state index >= 15 is 0 Å². The van der Waals surface area contributed by atoms with E-state index in [1.165, 1.54) is 11.8 Å². The van der Waals surface area contributed by atoms with E-state index in [9.17, 15) is 31.2 Å². The van der Waals surface area contributed by atoms with Crippen molar-refractivity contribution in [2.24, 2.45) is 0 Å². The third kappa shape index (κ3) is 8.63. The number of benzene rings is 2. The lowest BCUT2D eigenvalue weighted by Crippen LogP contribution is -2.51. The Hall–Kier alpha value is -2.79. The van der Waals surface area contributed by atoms with Gasteiger partial charge in [-0.05, 0) is 44.0 Å². The fourth-order valence-electron chi connectivity index (χ4n) is 3.60. The van der Waals surface area contributed by atoms with E-state index in [1.54, 1.807) is 12.1 Å². The van der Waals surface area contributed by atoms with Gasteiger partial charge in [-0.15, -0.1) is 0 Å². The van der Waals surface area contributed by atoms with Crippen molar-refractivity contribution in [1.29, 1.82) is 0 Å². The van der Waals surface area contributed by atoms with Crippen LogP contribution in [0.15, 0.2) is 42.5 Å². The molecule has 0 aromatic heterocycles. The Morgan fingerprint density at radius 3 is 2.38 bits per heavy atom. The highest BCUT2D eigenvalue weighted by Crippen LogP contribution is 2.36. The summed E-state index contributed by atoms with van der Waals surface area (Å²) in [6.45, 7) is 4.87. The molecule has 0 bridgehead atoms. The molecule has 2 aromatic rings. The van der Waals surface area contributed by atoms with Gasteiger partial charge in [0.15, 0.2) is 0 Å². The summed E-state index contributed by atoms with van der Waals surface area (Å²) in [6.07, 6.45) is -2.40. The molecule has 204 valence electrons. The molecule has 0 fully saturated rings. The van der Waals surface area contributed by atoms with Crippen LogP contribution >= 0.6 is 11.6 Å². The van der Waals surface area contributed by atoms with Crippen molar-refractivity contribution in [3.8, 4) is 0 Å². The first-order chi connectivity index (χ1) is 17.1. The van der Waals surface area contributed by atoms with Gasteiger partial charge in [-0.2, -0.15) is 13.2 Å². The maximum absolute atomic E-state index is 13.5. The summed E-state index contributed by atoms with van der Waals surface area (Å²) in [6, 6.07) is 8.47. The molecule has 0 saturated carbocycles. The quantitative estimate of drug-likeness (QED) is 0.401. The minimum atomic E-state index is -4.76. The molecule has 37 heavy (non-hydrogen) atoms. The average Bonchev–Trinajstić information content (AvgIpc) is 2.79. The predicted octanol–water partition coefficient (Wildman–Crippen LogP) is 4.77.